The van der Waals surface area contributed by atoms with Crippen molar-refractivity contribution in [3.8, 4) is 0 Å². The van der Waals surface area contributed by atoms with E-state index in [2.05, 4.69) is 15.9 Å². The Labute approximate surface area is 133 Å². The molecule has 0 aromatic rings. The molecule has 0 amide bonds. The molecule has 2 rings (SSSR count). The van der Waals surface area contributed by atoms with E-state index in [9.17, 15) is 15.0 Å². The molecule has 4 nitrogen and oxygen atoms in total. The SMILES string of the molecule is O=C(O)/C1=C/C=C\[NH2+][Se]/C(C2(O)CCCCC2)=C(/Br)C1. The average Bonchev–Trinajstić information content (AvgIpc) is 2.50. The van der Waals surface area contributed by atoms with Gasteiger partial charge in [-0.1, -0.05) is 0 Å². The summed E-state index contributed by atoms with van der Waals surface area (Å²) in [5.74, 6) is -0.906. The van der Waals surface area contributed by atoms with Crippen molar-refractivity contribution >= 4 is 37.1 Å². The molecule has 0 unspecified atom stereocenters. The zero-order chi connectivity index (χ0) is 14.6. The number of carboxylic acids is 1. The molecule has 1 aliphatic heterocycles. The monoisotopic (exact) mass is 408 g/mol. The van der Waals surface area contributed by atoms with Gasteiger partial charge in [0, 0.05) is 0 Å². The van der Waals surface area contributed by atoms with Crippen LogP contribution in [0.2, 0.25) is 0 Å². The van der Waals surface area contributed by atoms with Gasteiger partial charge in [-0.05, 0) is 0 Å². The van der Waals surface area contributed by atoms with Gasteiger partial charge in [0.15, 0.2) is 0 Å². The van der Waals surface area contributed by atoms with Gasteiger partial charge >= 0.3 is 133 Å². The summed E-state index contributed by atoms with van der Waals surface area (Å²) in [5.41, 5.74) is -0.411. The van der Waals surface area contributed by atoms with Crippen molar-refractivity contribution in [2.45, 2.75) is 44.1 Å². The molecular weight excluding hydrogens is 389 g/mol. The molecule has 110 valence electrons. The van der Waals surface area contributed by atoms with E-state index < -0.39 is 11.6 Å². The van der Waals surface area contributed by atoms with E-state index in [1.54, 1.807) is 12.2 Å². The molecule has 0 aromatic carbocycles. The van der Waals surface area contributed by atoms with Gasteiger partial charge in [-0.2, -0.15) is 0 Å². The molecular formula is C14H19BrNO3Se+. The van der Waals surface area contributed by atoms with Crippen LogP contribution in [0.3, 0.4) is 0 Å². The molecule has 4 N–H and O–H groups in total. The summed E-state index contributed by atoms with van der Waals surface area (Å²) < 4.78 is 3.89. The third-order valence-electron chi connectivity index (χ3n) is 3.64. The predicted octanol–water partition coefficient (Wildman–Crippen LogP) is 1.40. The summed E-state index contributed by atoms with van der Waals surface area (Å²) in [6.45, 7) is 0. The molecule has 0 saturated heterocycles. The van der Waals surface area contributed by atoms with E-state index in [4.69, 9.17) is 0 Å². The maximum absolute atomic E-state index is 11.2. The first-order valence-electron chi connectivity index (χ1n) is 6.73. The van der Waals surface area contributed by atoms with Gasteiger partial charge in [0.25, 0.3) is 0 Å². The number of hydrogen-bond donors (Lipinski definition) is 3. The third kappa shape index (κ3) is 3.83. The van der Waals surface area contributed by atoms with Crippen molar-refractivity contribution in [2.75, 3.05) is 0 Å². The van der Waals surface area contributed by atoms with Crippen LogP contribution in [0.25, 0.3) is 0 Å². The zero-order valence-electron chi connectivity index (χ0n) is 11.1. The molecule has 1 heterocycles. The van der Waals surface area contributed by atoms with Crippen LogP contribution >= 0.6 is 15.9 Å². The van der Waals surface area contributed by atoms with E-state index in [-0.39, 0.29) is 15.2 Å². The number of carbonyl (C=O) groups is 1. The average molecular weight is 408 g/mol. The van der Waals surface area contributed by atoms with Crippen LogP contribution in [0.1, 0.15) is 38.5 Å². The van der Waals surface area contributed by atoms with E-state index in [1.165, 1.54) is 6.42 Å². The number of carboxylic acid groups (broad SMARTS) is 1. The minimum atomic E-state index is -0.906. The number of hydrogen-bond acceptors (Lipinski definition) is 2. The van der Waals surface area contributed by atoms with Crippen LogP contribution in [-0.4, -0.2) is 37.0 Å². The zero-order valence-corrected chi connectivity index (χ0v) is 14.4. The Morgan fingerprint density at radius 2 is 2.05 bits per heavy atom. The molecule has 0 radical (unpaired) electrons. The van der Waals surface area contributed by atoms with Crippen LogP contribution in [0.15, 0.2) is 32.9 Å². The fraction of sp³-hybridized carbons (Fsp3) is 0.500. The number of allylic oxidation sites excluding steroid dienone is 3. The number of nitrogens with two attached hydrogens (primary N) is 1. The summed E-state index contributed by atoms with van der Waals surface area (Å²) >= 11 is 3.58. The van der Waals surface area contributed by atoms with Gasteiger partial charge in [0.1, 0.15) is 0 Å². The van der Waals surface area contributed by atoms with Gasteiger partial charge < -0.3 is 0 Å². The molecule has 2 aliphatic rings. The van der Waals surface area contributed by atoms with Crippen molar-refractivity contribution in [1.29, 1.82) is 0 Å². The molecule has 1 aliphatic carbocycles. The quantitative estimate of drug-likeness (QED) is 0.605. The second-order valence-electron chi connectivity index (χ2n) is 5.14. The van der Waals surface area contributed by atoms with Crippen molar-refractivity contribution < 1.29 is 19.3 Å². The summed E-state index contributed by atoms with van der Waals surface area (Å²) in [7, 11) is 0. The normalized spacial score (nSPS) is 31.4. The molecule has 0 bridgehead atoms. The molecule has 6 heteroatoms. The second-order valence-corrected chi connectivity index (χ2v) is 8.02. The van der Waals surface area contributed by atoms with Crippen LogP contribution in [0, 0.1) is 0 Å². The van der Waals surface area contributed by atoms with Gasteiger partial charge in [-0.3, -0.25) is 0 Å². The molecule has 1 fully saturated rings. The van der Waals surface area contributed by atoms with Crippen molar-refractivity contribution in [2.24, 2.45) is 0 Å². The first kappa shape index (κ1) is 16.0. The standard InChI is InChI=1S/C14H18BrNO3Se/c15-11-9-10(13(17)18)5-4-8-16-20-12(11)14(19)6-2-1-3-7-14/h4-5,8,16,19H,1-3,6-7,9H2,(H,17,18)/p+1/b8-4-,10-5+,12-11+. The Kier molecular flexibility index (Phi) is 5.64. The topological polar surface area (TPSA) is 74.1 Å². The molecule has 20 heavy (non-hydrogen) atoms. The predicted molar refractivity (Wildman–Crippen MR) is 81.1 cm³/mol. The van der Waals surface area contributed by atoms with Crippen molar-refractivity contribution in [3.05, 3.63) is 32.9 Å². The van der Waals surface area contributed by atoms with Crippen molar-refractivity contribution in [3.63, 3.8) is 0 Å². The van der Waals surface area contributed by atoms with E-state index >= 15 is 0 Å². The summed E-state index contributed by atoms with van der Waals surface area (Å²) in [6, 6.07) is 0. The third-order valence-corrected chi connectivity index (χ3v) is 7.33. The maximum atomic E-state index is 11.2. The molecule has 0 aromatic heterocycles. The Morgan fingerprint density at radius 1 is 1.35 bits per heavy atom. The minimum absolute atomic E-state index is 0.0449. The summed E-state index contributed by atoms with van der Waals surface area (Å²) in [4.78, 5) is 11.2. The van der Waals surface area contributed by atoms with E-state index in [1.807, 2.05) is 10.5 Å². The van der Waals surface area contributed by atoms with Gasteiger partial charge in [0.05, 0.1) is 0 Å². The fourth-order valence-electron chi connectivity index (χ4n) is 2.57. The van der Waals surface area contributed by atoms with Crippen LogP contribution in [0.4, 0.5) is 0 Å². The van der Waals surface area contributed by atoms with Gasteiger partial charge in [-0.15, -0.1) is 0 Å². The molecule has 0 spiro atoms. The Bertz CT molecular complexity index is 479. The Morgan fingerprint density at radius 3 is 2.70 bits per heavy atom. The first-order chi connectivity index (χ1) is 9.53. The Balaban J connectivity index is 2.32. The van der Waals surface area contributed by atoms with Crippen molar-refractivity contribution in [1.82, 2.24) is 0 Å². The van der Waals surface area contributed by atoms with Gasteiger partial charge in [-0.25, -0.2) is 0 Å². The van der Waals surface area contributed by atoms with E-state index in [0.717, 1.165) is 34.6 Å². The molecule has 1 saturated carbocycles. The molecule has 0 atom stereocenters. The number of halogens is 1. The number of quaternary nitrogens is 1. The number of rotatable bonds is 2. The number of aliphatic hydroxyl groups is 1. The van der Waals surface area contributed by atoms with Crippen LogP contribution < -0.4 is 4.33 Å². The fourth-order valence-corrected chi connectivity index (χ4v) is 5.67. The summed E-state index contributed by atoms with van der Waals surface area (Å²) in [5, 5.41) is 20.1. The van der Waals surface area contributed by atoms with Gasteiger partial charge in [0.2, 0.25) is 0 Å². The van der Waals surface area contributed by atoms with Crippen LogP contribution in [0.5, 0.6) is 0 Å². The number of aliphatic carboxylic acids is 1. The second kappa shape index (κ2) is 7.05. The first-order valence-corrected chi connectivity index (χ1v) is 9.37. The van der Waals surface area contributed by atoms with E-state index in [0.29, 0.717) is 12.0 Å². The van der Waals surface area contributed by atoms with Crippen LogP contribution in [-0.2, 0) is 4.79 Å². The summed E-state index contributed by atoms with van der Waals surface area (Å²) in [6.07, 6.45) is 10.4. The Hall–Kier alpha value is -0.391.